The normalized spacial score (nSPS) is 42.1. The summed E-state index contributed by atoms with van der Waals surface area (Å²) in [6.45, 7) is 9.90. The van der Waals surface area contributed by atoms with Crippen LogP contribution in [0.15, 0.2) is 54.6 Å². The minimum Gasteiger partial charge on any atom is -0.388 e. The Labute approximate surface area is 208 Å². The van der Waals surface area contributed by atoms with Gasteiger partial charge >= 0.3 is 0 Å². The largest absolute Gasteiger partial charge is 0.388 e. The molecule has 1 aromatic carbocycles. The third-order valence-corrected chi connectivity index (χ3v) is 8.77. The average molecular weight is 482 g/mol. The van der Waals surface area contributed by atoms with Gasteiger partial charge in [0.1, 0.15) is 5.41 Å². The molecule has 1 aliphatic heterocycles. The van der Waals surface area contributed by atoms with Crippen LogP contribution in [0, 0.1) is 29.1 Å². The maximum absolute atomic E-state index is 14.3. The number of carbonyl (C=O) groups excluding carboxylic acids is 2. The number of aliphatic hydroxyl groups is 2. The maximum Gasteiger partial charge on any atom is 0.235 e. The zero-order valence-corrected chi connectivity index (χ0v) is 21.2. The van der Waals surface area contributed by atoms with Gasteiger partial charge in [0.25, 0.3) is 0 Å². The third-order valence-electron chi connectivity index (χ3n) is 8.77. The number of hydrogen-bond acceptors (Lipinski definition) is 5. The summed E-state index contributed by atoms with van der Waals surface area (Å²) in [5.41, 5.74) is -0.969. The number of ether oxygens (including phenoxy) is 1. The second-order valence-electron chi connectivity index (χ2n) is 11.2. The molecule has 3 N–H and O–H groups in total. The molecule has 35 heavy (non-hydrogen) atoms. The van der Waals surface area contributed by atoms with Crippen LogP contribution < -0.4 is 5.32 Å². The number of hydrogen-bond donors (Lipinski definition) is 3. The van der Waals surface area contributed by atoms with Crippen LogP contribution in [0.1, 0.15) is 45.6 Å². The van der Waals surface area contributed by atoms with Crippen molar-refractivity contribution in [2.24, 2.45) is 29.1 Å². The highest BCUT2D eigenvalue weighted by Crippen LogP contribution is 2.57. The van der Waals surface area contributed by atoms with Crippen molar-refractivity contribution >= 4 is 11.7 Å². The zero-order valence-electron chi connectivity index (χ0n) is 21.2. The van der Waals surface area contributed by atoms with E-state index in [0.717, 1.165) is 5.56 Å². The smallest absolute Gasteiger partial charge is 0.235 e. The number of methoxy groups -OCH3 is 1. The SMILES string of the molecule is C=C1C(C)C2C(Cc3ccccc3)NC(=O)C23C(=O)CC(OC)C(C)(O)CC(C)CC=CC3C1O. The van der Waals surface area contributed by atoms with Crippen LogP contribution in [-0.2, 0) is 20.7 Å². The van der Waals surface area contributed by atoms with Crippen LogP contribution in [0.4, 0.5) is 0 Å². The number of amides is 1. The van der Waals surface area contributed by atoms with Gasteiger partial charge in [0.15, 0.2) is 5.78 Å². The molecular formula is C29H39NO5. The molecule has 2 fully saturated rings. The number of aliphatic hydroxyl groups excluding tert-OH is 1. The van der Waals surface area contributed by atoms with Crippen molar-refractivity contribution in [3.05, 3.63) is 60.2 Å². The Kier molecular flexibility index (Phi) is 7.11. The molecular weight excluding hydrogens is 442 g/mol. The quantitative estimate of drug-likeness (QED) is 0.455. The van der Waals surface area contributed by atoms with E-state index in [4.69, 9.17) is 4.74 Å². The first-order chi connectivity index (χ1) is 16.5. The van der Waals surface area contributed by atoms with Crippen LogP contribution in [0.2, 0.25) is 0 Å². The van der Waals surface area contributed by atoms with E-state index in [1.165, 1.54) is 7.11 Å². The van der Waals surface area contributed by atoms with E-state index in [1.54, 1.807) is 6.92 Å². The molecule has 6 heteroatoms. The summed E-state index contributed by atoms with van der Waals surface area (Å²) >= 11 is 0. The van der Waals surface area contributed by atoms with Crippen molar-refractivity contribution in [1.82, 2.24) is 5.32 Å². The highest BCUT2D eigenvalue weighted by Gasteiger charge is 2.68. The lowest BCUT2D eigenvalue weighted by atomic mass is 9.51. The van der Waals surface area contributed by atoms with E-state index in [9.17, 15) is 19.8 Å². The molecule has 1 heterocycles. The van der Waals surface area contributed by atoms with E-state index < -0.39 is 29.1 Å². The molecule has 0 aromatic heterocycles. The van der Waals surface area contributed by atoms with Crippen molar-refractivity contribution in [3.8, 4) is 0 Å². The number of nitrogens with one attached hydrogen (secondary N) is 1. The molecule has 1 aromatic rings. The minimum atomic E-state index is -1.46. The van der Waals surface area contributed by atoms with Crippen LogP contribution >= 0.6 is 0 Å². The van der Waals surface area contributed by atoms with Gasteiger partial charge in [-0.15, -0.1) is 0 Å². The molecule has 1 saturated carbocycles. The molecule has 3 aliphatic rings. The molecule has 6 nitrogen and oxygen atoms in total. The minimum absolute atomic E-state index is 0.103. The fourth-order valence-electron chi connectivity index (χ4n) is 7.02. The van der Waals surface area contributed by atoms with Crippen molar-refractivity contribution in [2.45, 2.75) is 70.3 Å². The number of allylic oxidation sites excluding steroid dienone is 1. The molecule has 0 bridgehead atoms. The van der Waals surface area contributed by atoms with Gasteiger partial charge in [0.05, 0.1) is 17.8 Å². The standard InChI is InChI=1S/C29H39NO5/c1-17-10-9-13-21-26(32)19(3)18(2)25-22(14-20-11-7-6-8-12-20)30-27(33)29(21,25)23(31)15-24(35-5)28(4,34)16-17/h6-9,11-13,17-18,21-22,24-26,32,34H,3,10,14-16H2,1-2,4-5H3,(H,30,33). The molecule has 190 valence electrons. The zero-order chi connectivity index (χ0) is 25.5. The molecule has 1 spiro atoms. The molecule has 1 amide bonds. The van der Waals surface area contributed by atoms with E-state index in [0.29, 0.717) is 24.8 Å². The van der Waals surface area contributed by atoms with Crippen molar-refractivity contribution in [3.63, 3.8) is 0 Å². The molecule has 0 radical (unpaired) electrons. The molecule has 9 unspecified atom stereocenters. The Bertz CT molecular complexity index is 1000. The molecule has 2 aliphatic carbocycles. The van der Waals surface area contributed by atoms with Crippen LogP contribution in [0.25, 0.3) is 0 Å². The first kappa shape index (κ1) is 25.8. The van der Waals surface area contributed by atoms with Crippen LogP contribution in [0.3, 0.4) is 0 Å². The van der Waals surface area contributed by atoms with E-state index in [2.05, 4.69) is 11.9 Å². The summed E-state index contributed by atoms with van der Waals surface area (Å²) in [6.07, 6.45) is 3.63. The topological polar surface area (TPSA) is 95.9 Å². The van der Waals surface area contributed by atoms with Crippen LogP contribution in [0.5, 0.6) is 0 Å². The first-order valence-electron chi connectivity index (χ1n) is 12.7. The van der Waals surface area contributed by atoms with Gasteiger partial charge < -0.3 is 20.3 Å². The second kappa shape index (κ2) is 9.64. The maximum atomic E-state index is 14.3. The Hall–Kier alpha value is -2.28. The van der Waals surface area contributed by atoms with E-state index in [1.807, 2.05) is 56.3 Å². The van der Waals surface area contributed by atoms with Gasteiger partial charge in [-0.1, -0.05) is 62.9 Å². The van der Waals surface area contributed by atoms with Gasteiger partial charge in [-0.05, 0) is 49.2 Å². The van der Waals surface area contributed by atoms with Crippen molar-refractivity contribution < 1.29 is 24.5 Å². The van der Waals surface area contributed by atoms with Crippen molar-refractivity contribution in [1.29, 1.82) is 0 Å². The Morgan fingerprint density at radius 3 is 2.54 bits per heavy atom. The van der Waals surface area contributed by atoms with Gasteiger partial charge in [0, 0.05) is 31.4 Å². The lowest BCUT2D eigenvalue weighted by Crippen LogP contribution is -2.59. The molecule has 9 atom stereocenters. The van der Waals surface area contributed by atoms with Gasteiger partial charge in [-0.25, -0.2) is 0 Å². The average Bonchev–Trinajstić information content (AvgIpc) is 3.09. The predicted octanol–water partition coefficient (Wildman–Crippen LogP) is 3.22. The lowest BCUT2D eigenvalue weighted by Gasteiger charge is -2.49. The van der Waals surface area contributed by atoms with Gasteiger partial charge in [-0.3, -0.25) is 9.59 Å². The van der Waals surface area contributed by atoms with Gasteiger partial charge in [0.2, 0.25) is 5.91 Å². The summed E-state index contributed by atoms with van der Waals surface area (Å²) in [5.74, 6) is -1.86. The van der Waals surface area contributed by atoms with Crippen molar-refractivity contribution in [2.75, 3.05) is 7.11 Å². The second-order valence-corrected chi connectivity index (χ2v) is 11.2. The van der Waals surface area contributed by atoms with E-state index in [-0.39, 0.29) is 41.9 Å². The first-order valence-corrected chi connectivity index (χ1v) is 12.7. The van der Waals surface area contributed by atoms with Gasteiger partial charge in [-0.2, -0.15) is 0 Å². The highest BCUT2D eigenvalue weighted by atomic mass is 16.5. The number of rotatable bonds is 3. The Morgan fingerprint density at radius 1 is 1.20 bits per heavy atom. The third kappa shape index (κ3) is 4.30. The lowest BCUT2D eigenvalue weighted by molar-refractivity contribution is -0.157. The summed E-state index contributed by atoms with van der Waals surface area (Å²) in [5, 5.41) is 25.8. The number of Topliss-reactive ketones (excluding diaryl/α,β-unsaturated/α-hetero) is 1. The summed E-state index contributed by atoms with van der Waals surface area (Å²) in [4.78, 5) is 28.2. The summed E-state index contributed by atoms with van der Waals surface area (Å²) in [6, 6.07) is 9.63. The fraction of sp³-hybridized carbons (Fsp3) is 0.586. The summed E-state index contributed by atoms with van der Waals surface area (Å²) in [7, 11) is 1.49. The Morgan fingerprint density at radius 2 is 1.89 bits per heavy atom. The highest BCUT2D eigenvalue weighted by molar-refractivity contribution is 6.09. The molecule has 1 saturated heterocycles. The predicted molar refractivity (Wildman–Crippen MR) is 134 cm³/mol. The number of carbonyl (C=O) groups is 2. The monoisotopic (exact) mass is 481 g/mol. The fourth-order valence-corrected chi connectivity index (χ4v) is 7.02. The van der Waals surface area contributed by atoms with Crippen LogP contribution in [-0.4, -0.2) is 52.9 Å². The number of benzene rings is 1. The Balaban J connectivity index is 1.85. The van der Waals surface area contributed by atoms with E-state index >= 15 is 0 Å². The summed E-state index contributed by atoms with van der Waals surface area (Å²) < 4.78 is 5.65. The molecule has 4 rings (SSSR count). The number of ketones is 1.